The average molecular weight is 424 g/mol. The van der Waals surface area contributed by atoms with E-state index in [1.165, 1.54) is 36.2 Å². The smallest absolute Gasteiger partial charge is 0.193 e. The third kappa shape index (κ3) is 7.26. The van der Waals surface area contributed by atoms with E-state index < -0.39 is 0 Å². The van der Waals surface area contributed by atoms with E-state index in [1.807, 2.05) is 19.2 Å². The van der Waals surface area contributed by atoms with Gasteiger partial charge in [0.2, 0.25) is 0 Å². The zero-order chi connectivity index (χ0) is 22.1. The van der Waals surface area contributed by atoms with Gasteiger partial charge in [0.05, 0.1) is 7.11 Å². The average Bonchev–Trinajstić information content (AvgIpc) is 2.99. The molecule has 0 unspecified atom stereocenters. The van der Waals surface area contributed by atoms with Crippen LogP contribution in [0, 0.1) is 0 Å². The monoisotopic (exact) mass is 423 g/mol. The van der Waals surface area contributed by atoms with Crippen LogP contribution in [0.15, 0.2) is 53.5 Å². The number of methoxy groups -OCH3 is 1. The minimum absolute atomic E-state index is 0.758. The molecule has 0 saturated carbocycles. The number of benzene rings is 2. The Balaban J connectivity index is 1.48. The molecule has 6 nitrogen and oxygen atoms in total. The first-order valence-corrected chi connectivity index (χ1v) is 11.1. The van der Waals surface area contributed by atoms with Crippen molar-refractivity contribution >= 4 is 5.96 Å². The minimum Gasteiger partial charge on any atom is -0.497 e. The van der Waals surface area contributed by atoms with Crippen LogP contribution in [0.4, 0.5) is 0 Å². The molecule has 31 heavy (non-hydrogen) atoms. The molecule has 0 radical (unpaired) electrons. The standard InChI is InChI=1S/C25H37N5O/c1-26-25(29(3)19-22-10-12-24(31-4)13-11-22)27-18-21-6-8-23(9-7-21)20-30-15-5-14-28(2)16-17-30/h6-13H,5,14-20H2,1-4H3,(H,26,27). The van der Waals surface area contributed by atoms with Gasteiger partial charge in [-0.3, -0.25) is 9.89 Å². The topological polar surface area (TPSA) is 43.3 Å². The number of likely N-dealkylation sites (N-methyl/N-ethyl adjacent to an activating group) is 1. The molecule has 3 rings (SSSR count). The summed E-state index contributed by atoms with van der Waals surface area (Å²) in [6.07, 6.45) is 1.25. The van der Waals surface area contributed by atoms with Gasteiger partial charge in [0.25, 0.3) is 0 Å². The Morgan fingerprint density at radius 2 is 1.65 bits per heavy atom. The third-order valence-electron chi connectivity index (χ3n) is 5.84. The highest BCUT2D eigenvalue weighted by Crippen LogP contribution is 2.13. The fourth-order valence-corrected chi connectivity index (χ4v) is 3.92. The van der Waals surface area contributed by atoms with Crippen LogP contribution in [-0.4, -0.2) is 75.1 Å². The molecule has 1 aliphatic rings. The maximum absolute atomic E-state index is 5.24. The van der Waals surface area contributed by atoms with Crippen LogP contribution >= 0.6 is 0 Å². The number of hydrogen-bond acceptors (Lipinski definition) is 4. The third-order valence-corrected chi connectivity index (χ3v) is 5.84. The Hall–Kier alpha value is -2.57. The van der Waals surface area contributed by atoms with E-state index in [1.54, 1.807) is 7.11 Å². The van der Waals surface area contributed by atoms with Crippen molar-refractivity contribution < 1.29 is 4.74 Å². The number of aliphatic imine (C=N–C) groups is 1. The molecule has 1 N–H and O–H groups in total. The SMILES string of the molecule is CN=C(NCc1ccc(CN2CCCN(C)CC2)cc1)N(C)Cc1ccc(OC)cc1. The number of hydrogen-bond donors (Lipinski definition) is 1. The van der Waals surface area contributed by atoms with E-state index in [4.69, 9.17) is 4.74 Å². The van der Waals surface area contributed by atoms with E-state index in [2.05, 4.69) is 75.5 Å². The quantitative estimate of drug-likeness (QED) is 0.548. The van der Waals surface area contributed by atoms with Gasteiger partial charge in [-0.15, -0.1) is 0 Å². The molecule has 0 atom stereocenters. The number of rotatable bonds is 7. The Bertz CT molecular complexity index is 819. The van der Waals surface area contributed by atoms with Crippen LogP contribution in [0.1, 0.15) is 23.1 Å². The van der Waals surface area contributed by atoms with Crippen LogP contribution in [-0.2, 0) is 19.6 Å². The Morgan fingerprint density at radius 3 is 2.32 bits per heavy atom. The second kappa shape index (κ2) is 11.7. The van der Waals surface area contributed by atoms with Crippen LogP contribution in [0.25, 0.3) is 0 Å². The molecule has 1 saturated heterocycles. The van der Waals surface area contributed by atoms with Gasteiger partial charge in [-0.25, -0.2) is 0 Å². The first-order chi connectivity index (χ1) is 15.1. The highest BCUT2D eigenvalue weighted by atomic mass is 16.5. The lowest BCUT2D eigenvalue weighted by atomic mass is 10.1. The molecular weight excluding hydrogens is 386 g/mol. The molecule has 2 aromatic carbocycles. The maximum atomic E-state index is 5.24. The lowest BCUT2D eigenvalue weighted by Crippen LogP contribution is -2.38. The molecule has 1 fully saturated rings. The van der Waals surface area contributed by atoms with Gasteiger partial charge >= 0.3 is 0 Å². The van der Waals surface area contributed by atoms with Gasteiger partial charge in [0.1, 0.15) is 5.75 Å². The number of guanidine groups is 1. The lowest BCUT2D eigenvalue weighted by molar-refractivity contribution is 0.269. The molecule has 1 heterocycles. The second-order valence-corrected chi connectivity index (χ2v) is 8.35. The van der Waals surface area contributed by atoms with E-state index in [0.29, 0.717) is 0 Å². The summed E-state index contributed by atoms with van der Waals surface area (Å²) in [4.78, 5) is 11.6. The van der Waals surface area contributed by atoms with E-state index in [9.17, 15) is 0 Å². The summed E-state index contributed by atoms with van der Waals surface area (Å²) in [6.45, 7) is 7.28. The minimum atomic E-state index is 0.758. The number of nitrogens with zero attached hydrogens (tertiary/aromatic N) is 4. The fourth-order valence-electron chi connectivity index (χ4n) is 3.92. The summed E-state index contributed by atoms with van der Waals surface area (Å²) < 4.78 is 5.24. The molecule has 2 aromatic rings. The molecule has 0 spiro atoms. The van der Waals surface area contributed by atoms with Crippen molar-refractivity contribution in [2.75, 3.05) is 54.4 Å². The molecule has 6 heteroatoms. The van der Waals surface area contributed by atoms with Crippen molar-refractivity contribution in [3.8, 4) is 5.75 Å². The largest absolute Gasteiger partial charge is 0.497 e. The predicted octanol–water partition coefficient (Wildman–Crippen LogP) is 3.04. The van der Waals surface area contributed by atoms with Gasteiger partial charge in [0, 0.05) is 46.8 Å². The van der Waals surface area contributed by atoms with Gasteiger partial charge in [-0.2, -0.15) is 0 Å². The fraction of sp³-hybridized carbons (Fsp3) is 0.480. The Kier molecular flexibility index (Phi) is 8.74. The molecular formula is C25H37N5O. The van der Waals surface area contributed by atoms with Gasteiger partial charge < -0.3 is 19.9 Å². The molecule has 1 aliphatic heterocycles. The zero-order valence-corrected chi connectivity index (χ0v) is 19.5. The maximum Gasteiger partial charge on any atom is 0.193 e. The van der Waals surface area contributed by atoms with Crippen molar-refractivity contribution in [2.24, 2.45) is 4.99 Å². The first kappa shape index (κ1) is 23.1. The summed E-state index contributed by atoms with van der Waals surface area (Å²) in [7, 11) is 7.79. The first-order valence-electron chi connectivity index (χ1n) is 11.1. The van der Waals surface area contributed by atoms with Crippen LogP contribution < -0.4 is 10.1 Å². The van der Waals surface area contributed by atoms with Gasteiger partial charge in [-0.05, 0) is 55.4 Å². The molecule has 0 aromatic heterocycles. The van der Waals surface area contributed by atoms with Crippen molar-refractivity contribution in [2.45, 2.75) is 26.1 Å². The highest BCUT2D eigenvalue weighted by molar-refractivity contribution is 5.79. The van der Waals surface area contributed by atoms with E-state index in [-0.39, 0.29) is 0 Å². The summed E-state index contributed by atoms with van der Waals surface area (Å²) in [5, 5.41) is 3.48. The van der Waals surface area contributed by atoms with Crippen molar-refractivity contribution in [3.05, 3.63) is 65.2 Å². The summed E-state index contributed by atoms with van der Waals surface area (Å²) in [6, 6.07) is 17.1. The van der Waals surface area contributed by atoms with E-state index in [0.717, 1.165) is 44.4 Å². The lowest BCUT2D eigenvalue weighted by Gasteiger charge is -2.22. The molecule has 0 aliphatic carbocycles. The molecule has 0 amide bonds. The van der Waals surface area contributed by atoms with Crippen molar-refractivity contribution in [1.82, 2.24) is 20.0 Å². The Morgan fingerprint density at radius 1 is 0.968 bits per heavy atom. The van der Waals surface area contributed by atoms with Gasteiger partial charge in [0.15, 0.2) is 5.96 Å². The summed E-state index contributed by atoms with van der Waals surface area (Å²) in [5.74, 6) is 1.76. The summed E-state index contributed by atoms with van der Waals surface area (Å²) >= 11 is 0. The zero-order valence-electron chi connectivity index (χ0n) is 19.5. The van der Waals surface area contributed by atoms with E-state index >= 15 is 0 Å². The normalized spacial score (nSPS) is 16.1. The highest BCUT2D eigenvalue weighted by Gasteiger charge is 2.12. The van der Waals surface area contributed by atoms with Gasteiger partial charge in [-0.1, -0.05) is 36.4 Å². The number of ether oxygens (including phenoxy) is 1. The molecule has 168 valence electrons. The van der Waals surface area contributed by atoms with Crippen LogP contribution in [0.2, 0.25) is 0 Å². The van der Waals surface area contributed by atoms with Crippen molar-refractivity contribution in [1.29, 1.82) is 0 Å². The predicted molar refractivity (Wildman–Crippen MR) is 128 cm³/mol. The van der Waals surface area contributed by atoms with Crippen LogP contribution in [0.3, 0.4) is 0 Å². The van der Waals surface area contributed by atoms with Crippen molar-refractivity contribution in [3.63, 3.8) is 0 Å². The van der Waals surface area contributed by atoms with Crippen LogP contribution in [0.5, 0.6) is 5.75 Å². The molecule has 0 bridgehead atoms. The number of nitrogens with one attached hydrogen (secondary N) is 1. The Labute approximate surface area is 187 Å². The summed E-state index contributed by atoms with van der Waals surface area (Å²) in [5.41, 5.74) is 3.86. The second-order valence-electron chi connectivity index (χ2n) is 8.35.